The van der Waals surface area contributed by atoms with Crippen molar-refractivity contribution in [1.82, 2.24) is 15.0 Å². The molecule has 0 saturated heterocycles. The summed E-state index contributed by atoms with van der Waals surface area (Å²) in [5.41, 5.74) is 3.00. The Hall–Kier alpha value is -2.62. The molecule has 3 aromatic rings. The first-order valence-electron chi connectivity index (χ1n) is 6.47. The summed E-state index contributed by atoms with van der Waals surface area (Å²) in [4.78, 5) is 11.6. The highest BCUT2D eigenvalue weighted by molar-refractivity contribution is 5.84. The molecule has 1 aromatic carbocycles. The maximum Gasteiger partial charge on any atom is 0.226 e. The van der Waals surface area contributed by atoms with Crippen LogP contribution in [0.3, 0.4) is 0 Å². The molecule has 0 fully saturated rings. The van der Waals surface area contributed by atoms with Crippen molar-refractivity contribution in [3.63, 3.8) is 0 Å². The molecule has 3 rings (SSSR count). The number of benzene rings is 1. The number of rotatable bonds is 5. The van der Waals surface area contributed by atoms with Crippen LogP contribution < -0.4 is 4.74 Å². The van der Waals surface area contributed by atoms with Crippen molar-refractivity contribution in [3.05, 3.63) is 66.6 Å². The minimum Gasteiger partial charge on any atom is -0.472 e. The molecule has 0 atom stereocenters. The van der Waals surface area contributed by atoms with Crippen LogP contribution >= 0.6 is 0 Å². The van der Waals surface area contributed by atoms with Crippen molar-refractivity contribution in [2.45, 2.75) is 13.0 Å². The normalized spacial score (nSPS) is 10.6. The largest absolute Gasteiger partial charge is 0.472 e. The van der Waals surface area contributed by atoms with Gasteiger partial charge < -0.3 is 9.72 Å². The topological polar surface area (TPSA) is 50.8 Å². The molecule has 0 aliphatic heterocycles. The molecule has 0 aliphatic rings. The van der Waals surface area contributed by atoms with Gasteiger partial charge in [0.05, 0.1) is 5.39 Å². The highest BCUT2D eigenvalue weighted by atomic mass is 16.5. The Kier molecular flexibility index (Phi) is 3.46. The number of nitrogens with one attached hydrogen (secondary N) is 1. The van der Waals surface area contributed by atoms with Gasteiger partial charge in [0.15, 0.2) is 0 Å². The number of nitrogens with zero attached hydrogens (tertiary/aromatic N) is 2. The standard InChI is InChI=1S/C16H15N3O/c1-2-6-13-9-17-15-14(13)16(19-11-18-15)20-10-12-7-4-3-5-8-12/h2-5,7-9,11H,1,6,10H2,(H,17,18,19). The Balaban J connectivity index is 1.90. The minimum atomic E-state index is 0.492. The number of ether oxygens (including phenoxy) is 1. The van der Waals surface area contributed by atoms with Gasteiger partial charge in [0.25, 0.3) is 0 Å². The van der Waals surface area contributed by atoms with E-state index in [0.29, 0.717) is 12.5 Å². The zero-order valence-corrected chi connectivity index (χ0v) is 11.0. The second kappa shape index (κ2) is 5.57. The maximum absolute atomic E-state index is 5.85. The Morgan fingerprint density at radius 2 is 2.05 bits per heavy atom. The number of hydrogen-bond acceptors (Lipinski definition) is 3. The Bertz CT molecular complexity index is 719. The monoisotopic (exact) mass is 265 g/mol. The fraction of sp³-hybridized carbons (Fsp3) is 0.125. The van der Waals surface area contributed by atoms with Crippen molar-refractivity contribution in [2.24, 2.45) is 0 Å². The molecule has 4 nitrogen and oxygen atoms in total. The molecule has 20 heavy (non-hydrogen) atoms. The van der Waals surface area contributed by atoms with Gasteiger partial charge in [-0.25, -0.2) is 9.97 Å². The van der Waals surface area contributed by atoms with Crippen molar-refractivity contribution < 1.29 is 4.74 Å². The van der Waals surface area contributed by atoms with Gasteiger partial charge in [0.2, 0.25) is 5.88 Å². The van der Waals surface area contributed by atoms with E-state index >= 15 is 0 Å². The SMILES string of the molecule is C=CCc1c[nH]c2ncnc(OCc3ccccc3)c12. The van der Waals surface area contributed by atoms with Gasteiger partial charge in [-0.3, -0.25) is 0 Å². The van der Waals surface area contributed by atoms with Crippen LogP contribution in [0.1, 0.15) is 11.1 Å². The summed E-state index contributed by atoms with van der Waals surface area (Å²) in [6.45, 7) is 4.26. The van der Waals surface area contributed by atoms with Crippen molar-refractivity contribution in [2.75, 3.05) is 0 Å². The van der Waals surface area contributed by atoms with Crippen LogP contribution in [0.15, 0.2) is 55.5 Å². The second-order valence-corrected chi connectivity index (χ2v) is 4.48. The number of aromatic amines is 1. The van der Waals surface area contributed by atoms with Crippen LogP contribution in [-0.2, 0) is 13.0 Å². The third-order valence-corrected chi connectivity index (χ3v) is 3.10. The summed E-state index contributed by atoms with van der Waals surface area (Å²) in [5.74, 6) is 0.608. The van der Waals surface area contributed by atoms with Crippen LogP contribution in [0, 0.1) is 0 Å². The average molecular weight is 265 g/mol. The summed E-state index contributed by atoms with van der Waals surface area (Å²) in [6.07, 6.45) is 6.05. The highest BCUT2D eigenvalue weighted by Crippen LogP contribution is 2.26. The first-order valence-corrected chi connectivity index (χ1v) is 6.47. The average Bonchev–Trinajstić information content (AvgIpc) is 2.91. The second-order valence-electron chi connectivity index (χ2n) is 4.48. The van der Waals surface area contributed by atoms with Gasteiger partial charge in [-0.05, 0) is 17.5 Å². The molecule has 0 unspecified atom stereocenters. The minimum absolute atomic E-state index is 0.492. The summed E-state index contributed by atoms with van der Waals surface area (Å²) >= 11 is 0. The van der Waals surface area contributed by atoms with E-state index in [4.69, 9.17) is 4.74 Å². The first-order chi connectivity index (χ1) is 9.88. The predicted octanol–water partition coefficient (Wildman–Crippen LogP) is 3.27. The Labute approximate surface area is 117 Å². The Morgan fingerprint density at radius 3 is 2.85 bits per heavy atom. The summed E-state index contributed by atoms with van der Waals surface area (Å²) in [6, 6.07) is 10.0. The number of H-pyrrole nitrogens is 1. The van der Waals surface area contributed by atoms with Crippen molar-refractivity contribution in [3.8, 4) is 5.88 Å². The molecule has 0 spiro atoms. The highest BCUT2D eigenvalue weighted by Gasteiger charge is 2.11. The molecule has 0 saturated carbocycles. The van der Waals surface area contributed by atoms with Gasteiger partial charge in [-0.1, -0.05) is 36.4 Å². The van der Waals surface area contributed by atoms with Crippen molar-refractivity contribution >= 4 is 11.0 Å². The van der Waals surface area contributed by atoms with E-state index in [1.165, 1.54) is 6.33 Å². The third-order valence-electron chi connectivity index (χ3n) is 3.10. The smallest absolute Gasteiger partial charge is 0.226 e. The molecule has 1 N–H and O–H groups in total. The molecule has 0 aliphatic carbocycles. The zero-order chi connectivity index (χ0) is 13.8. The third kappa shape index (κ3) is 2.40. The lowest BCUT2D eigenvalue weighted by molar-refractivity contribution is 0.297. The van der Waals surface area contributed by atoms with E-state index in [2.05, 4.69) is 21.5 Å². The summed E-state index contributed by atoms with van der Waals surface area (Å²) < 4.78 is 5.85. The van der Waals surface area contributed by atoms with Crippen molar-refractivity contribution in [1.29, 1.82) is 0 Å². The first kappa shape index (κ1) is 12.4. The number of hydrogen-bond donors (Lipinski definition) is 1. The lowest BCUT2D eigenvalue weighted by Gasteiger charge is -2.07. The van der Waals surface area contributed by atoms with E-state index in [0.717, 1.165) is 28.6 Å². The summed E-state index contributed by atoms with van der Waals surface area (Å²) in [7, 11) is 0. The van der Waals surface area contributed by atoms with Crippen LogP contribution in [-0.4, -0.2) is 15.0 Å². The van der Waals surface area contributed by atoms with Gasteiger partial charge in [-0.2, -0.15) is 0 Å². The Morgan fingerprint density at radius 1 is 1.20 bits per heavy atom. The van der Waals surface area contributed by atoms with Crippen LogP contribution in [0.5, 0.6) is 5.88 Å². The van der Waals surface area contributed by atoms with E-state index in [-0.39, 0.29) is 0 Å². The zero-order valence-electron chi connectivity index (χ0n) is 11.0. The quantitative estimate of drug-likeness (QED) is 0.720. The van der Waals surface area contributed by atoms with E-state index in [1.54, 1.807) is 0 Å². The molecule has 0 amide bonds. The molecule has 0 bridgehead atoms. The van der Waals surface area contributed by atoms with E-state index in [1.807, 2.05) is 42.6 Å². The predicted molar refractivity (Wildman–Crippen MR) is 78.6 cm³/mol. The van der Waals surface area contributed by atoms with Gasteiger partial charge in [-0.15, -0.1) is 6.58 Å². The fourth-order valence-electron chi connectivity index (χ4n) is 2.15. The fourth-order valence-corrected chi connectivity index (χ4v) is 2.15. The van der Waals surface area contributed by atoms with Gasteiger partial charge in [0, 0.05) is 6.20 Å². The number of allylic oxidation sites excluding steroid dienone is 1. The molecule has 2 heterocycles. The lowest BCUT2D eigenvalue weighted by atomic mass is 10.2. The van der Waals surface area contributed by atoms with Crippen LogP contribution in [0.4, 0.5) is 0 Å². The number of fused-ring (bicyclic) bond motifs is 1. The number of aromatic nitrogens is 3. The molecule has 2 aromatic heterocycles. The van der Waals surface area contributed by atoms with E-state index in [9.17, 15) is 0 Å². The van der Waals surface area contributed by atoms with Gasteiger partial charge in [0.1, 0.15) is 18.6 Å². The van der Waals surface area contributed by atoms with Crippen LogP contribution in [0.2, 0.25) is 0 Å². The molecule has 100 valence electrons. The molecule has 0 radical (unpaired) electrons. The lowest BCUT2D eigenvalue weighted by Crippen LogP contribution is -1.98. The molecular formula is C16H15N3O. The van der Waals surface area contributed by atoms with E-state index < -0.39 is 0 Å². The summed E-state index contributed by atoms with van der Waals surface area (Å²) in [5, 5.41) is 0.934. The maximum atomic E-state index is 5.85. The molecular weight excluding hydrogens is 250 g/mol. The molecule has 4 heteroatoms. The van der Waals surface area contributed by atoms with Gasteiger partial charge >= 0.3 is 0 Å². The van der Waals surface area contributed by atoms with Crippen LogP contribution in [0.25, 0.3) is 11.0 Å².